The molecule has 4 heteroatoms. The molecule has 2 heterocycles. The Morgan fingerprint density at radius 2 is 2.13 bits per heavy atom. The summed E-state index contributed by atoms with van der Waals surface area (Å²) in [7, 11) is 0. The first-order chi connectivity index (χ1) is 7.11. The minimum atomic E-state index is -0.353. The molecule has 2 rings (SSSR count). The highest BCUT2D eigenvalue weighted by Gasteiger charge is 2.33. The van der Waals surface area contributed by atoms with E-state index in [0.717, 1.165) is 0 Å². The van der Waals surface area contributed by atoms with E-state index in [9.17, 15) is 9.59 Å². The highest BCUT2D eigenvalue weighted by atomic mass is 16.3. The van der Waals surface area contributed by atoms with E-state index in [4.69, 9.17) is 4.42 Å². The summed E-state index contributed by atoms with van der Waals surface area (Å²) in [6.07, 6.45) is 2.87. The summed E-state index contributed by atoms with van der Waals surface area (Å²) < 4.78 is 5.17. The van der Waals surface area contributed by atoms with Gasteiger partial charge in [0.05, 0.1) is 12.3 Å². The Bertz CT molecular complexity index is 431. The summed E-state index contributed by atoms with van der Waals surface area (Å²) in [4.78, 5) is 24.4. The monoisotopic (exact) mass is 205 g/mol. The molecule has 1 atom stereocenters. The van der Waals surface area contributed by atoms with Crippen molar-refractivity contribution in [3.8, 4) is 0 Å². The zero-order chi connectivity index (χ0) is 11.0. The minimum absolute atomic E-state index is 0.246. The van der Waals surface area contributed by atoms with Gasteiger partial charge in [-0.25, -0.2) is 0 Å². The molecule has 0 aliphatic carbocycles. The van der Waals surface area contributed by atoms with Crippen LogP contribution in [0.4, 0.5) is 0 Å². The van der Waals surface area contributed by atoms with Crippen LogP contribution in [-0.4, -0.2) is 16.7 Å². The molecule has 1 unspecified atom stereocenters. The lowest BCUT2D eigenvalue weighted by Crippen LogP contribution is -2.33. The maximum absolute atomic E-state index is 11.6. The number of furan rings is 1. The number of rotatable bonds is 2. The van der Waals surface area contributed by atoms with Crippen LogP contribution in [0.2, 0.25) is 0 Å². The van der Waals surface area contributed by atoms with Crippen LogP contribution in [0.1, 0.15) is 25.6 Å². The Morgan fingerprint density at radius 1 is 1.40 bits per heavy atom. The third-order valence-corrected chi connectivity index (χ3v) is 2.48. The number of carbonyl (C=O) groups excluding carboxylic acids is 2. The maximum Gasteiger partial charge on any atom is 0.257 e. The lowest BCUT2D eigenvalue weighted by Gasteiger charge is -2.20. The first kappa shape index (κ1) is 9.71. The number of imide groups is 1. The van der Waals surface area contributed by atoms with Gasteiger partial charge >= 0.3 is 0 Å². The quantitative estimate of drug-likeness (QED) is 0.690. The molecule has 0 fully saturated rings. The van der Waals surface area contributed by atoms with Gasteiger partial charge in [-0.3, -0.25) is 14.5 Å². The van der Waals surface area contributed by atoms with E-state index < -0.39 is 0 Å². The Balaban J connectivity index is 2.27. The van der Waals surface area contributed by atoms with Crippen molar-refractivity contribution in [3.63, 3.8) is 0 Å². The second kappa shape index (κ2) is 3.38. The molecule has 1 aliphatic heterocycles. The fourth-order valence-corrected chi connectivity index (χ4v) is 1.63. The van der Waals surface area contributed by atoms with E-state index in [1.54, 1.807) is 26.0 Å². The van der Waals surface area contributed by atoms with Crippen molar-refractivity contribution in [2.24, 2.45) is 0 Å². The third-order valence-electron chi connectivity index (χ3n) is 2.48. The molecule has 0 saturated carbocycles. The third kappa shape index (κ3) is 1.48. The molecule has 0 aromatic carbocycles. The SMILES string of the molecule is CC1=CC(=O)N(C(C)c2ccco2)C1=O. The maximum atomic E-state index is 11.6. The predicted molar refractivity (Wildman–Crippen MR) is 52.7 cm³/mol. The molecule has 15 heavy (non-hydrogen) atoms. The largest absolute Gasteiger partial charge is 0.467 e. The summed E-state index contributed by atoms with van der Waals surface area (Å²) in [5.74, 6) is 0.0881. The zero-order valence-electron chi connectivity index (χ0n) is 8.56. The molecule has 2 amide bonds. The van der Waals surface area contributed by atoms with E-state index in [1.165, 1.54) is 17.2 Å². The molecule has 1 aliphatic rings. The van der Waals surface area contributed by atoms with Crippen molar-refractivity contribution >= 4 is 11.8 Å². The average Bonchev–Trinajstić information content (AvgIpc) is 2.76. The van der Waals surface area contributed by atoms with Gasteiger partial charge in [-0.1, -0.05) is 0 Å². The van der Waals surface area contributed by atoms with Gasteiger partial charge in [0.15, 0.2) is 0 Å². The highest BCUT2D eigenvalue weighted by Crippen LogP contribution is 2.26. The molecule has 0 bridgehead atoms. The van der Waals surface area contributed by atoms with Crippen LogP contribution in [-0.2, 0) is 9.59 Å². The molecule has 0 radical (unpaired) electrons. The number of hydrogen-bond donors (Lipinski definition) is 0. The first-order valence-corrected chi connectivity index (χ1v) is 4.70. The molecule has 0 N–H and O–H groups in total. The van der Waals surface area contributed by atoms with Gasteiger partial charge in [0, 0.05) is 11.6 Å². The van der Waals surface area contributed by atoms with E-state index in [0.29, 0.717) is 11.3 Å². The minimum Gasteiger partial charge on any atom is -0.467 e. The molecule has 0 saturated heterocycles. The van der Waals surface area contributed by atoms with Crippen LogP contribution in [0.25, 0.3) is 0 Å². The lowest BCUT2D eigenvalue weighted by atomic mass is 10.2. The summed E-state index contributed by atoms with van der Waals surface area (Å²) in [5.41, 5.74) is 0.471. The average molecular weight is 205 g/mol. The molecule has 1 aromatic rings. The summed E-state index contributed by atoms with van der Waals surface area (Å²) >= 11 is 0. The Kier molecular flexibility index (Phi) is 2.19. The highest BCUT2D eigenvalue weighted by molar-refractivity contribution is 6.16. The van der Waals surface area contributed by atoms with Crippen molar-refractivity contribution in [1.82, 2.24) is 4.90 Å². The van der Waals surface area contributed by atoms with Gasteiger partial charge in [0.2, 0.25) is 0 Å². The van der Waals surface area contributed by atoms with Crippen LogP contribution in [0.15, 0.2) is 34.5 Å². The van der Waals surface area contributed by atoms with E-state index in [1.807, 2.05) is 0 Å². The molecule has 0 spiro atoms. The van der Waals surface area contributed by atoms with Gasteiger partial charge < -0.3 is 4.42 Å². The van der Waals surface area contributed by atoms with Crippen LogP contribution in [0, 0.1) is 0 Å². The van der Waals surface area contributed by atoms with Gasteiger partial charge in [0.1, 0.15) is 5.76 Å². The first-order valence-electron chi connectivity index (χ1n) is 4.70. The summed E-state index contributed by atoms with van der Waals surface area (Å²) in [6.45, 7) is 3.40. The van der Waals surface area contributed by atoms with Crippen LogP contribution in [0.3, 0.4) is 0 Å². The molecular formula is C11H11NO3. The van der Waals surface area contributed by atoms with E-state index >= 15 is 0 Å². The predicted octanol–water partition coefficient (Wildman–Crippen LogP) is 1.66. The van der Waals surface area contributed by atoms with E-state index in [-0.39, 0.29) is 17.9 Å². The van der Waals surface area contributed by atoms with Crippen molar-refractivity contribution in [1.29, 1.82) is 0 Å². The van der Waals surface area contributed by atoms with Crippen LogP contribution in [0.5, 0.6) is 0 Å². The normalized spacial score (nSPS) is 18.3. The van der Waals surface area contributed by atoms with Crippen LogP contribution >= 0.6 is 0 Å². The van der Waals surface area contributed by atoms with Crippen LogP contribution < -0.4 is 0 Å². The smallest absolute Gasteiger partial charge is 0.257 e. The Labute approximate surface area is 87.2 Å². The molecular weight excluding hydrogens is 194 g/mol. The lowest BCUT2D eigenvalue weighted by molar-refractivity contribution is -0.140. The fraction of sp³-hybridized carbons (Fsp3) is 0.273. The summed E-state index contributed by atoms with van der Waals surface area (Å²) in [5, 5.41) is 0. The van der Waals surface area contributed by atoms with Crippen molar-refractivity contribution < 1.29 is 14.0 Å². The standard InChI is InChI=1S/C11H11NO3/c1-7-6-10(13)12(11(7)14)8(2)9-4-3-5-15-9/h3-6,8H,1-2H3. The second-order valence-corrected chi connectivity index (χ2v) is 3.53. The number of carbonyl (C=O) groups is 2. The second-order valence-electron chi connectivity index (χ2n) is 3.53. The number of hydrogen-bond acceptors (Lipinski definition) is 3. The van der Waals surface area contributed by atoms with Gasteiger partial charge in [-0.15, -0.1) is 0 Å². The van der Waals surface area contributed by atoms with Gasteiger partial charge in [0.25, 0.3) is 11.8 Å². The van der Waals surface area contributed by atoms with Crippen molar-refractivity contribution in [3.05, 3.63) is 35.8 Å². The topological polar surface area (TPSA) is 50.5 Å². The molecule has 4 nitrogen and oxygen atoms in total. The molecule has 78 valence electrons. The Hall–Kier alpha value is -1.84. The fourth-order valence-electron chi connectivity index (χ4n) is 1.63. The van der Waals surface area contributed by atoms with Gasteiger partial charge in [-0.2, -0.15) is 0 Å². The van der Waals surface area contributed by atoms with Gasteiger partial charge in [-0.05, 0) is 26.0 Å². The number of amides is 2. The number of nitrogens with zero attached hydrogens (tertiary/aromatic N) is 1. The van der Waals surface area contributed by atoms with Crippen molar-refractivity contribution in [2.45, 2.75) is 19.9 Å². The van der Waals surface area contributed by atoms with Crippen molar-refractivity contribution in [2.75, 3.05) is 0 Å². The van der Waals surface area contributed by atoms with E-state index in [2.05, 4.69) is 0 Å². The molecule has 1 aromatic heterocycles. The summed E-state index contributed by atoms with van der Waals surface area (Å²) in [6, 6.07) is 3.13. The zero-order valence-corrected chi connectivity index (χ0v) is 8.56. The Morgan fingerprint density at radius 3 is 2.60 bits per heavy atom.